The number of aromatic nitrogens is 3. The van der Waals surface area contributed by atoms with Crippen LogP contribution in [0.4, 0.5) is 13.2 Å². The first-order chi connectivity index (χ1) is 15.1. The number of allylic oxidation sites excluding steroid dienone is 1. The Morgan fingerprint density at radius 1 is 1.06 bits per heavy atom. The second kappa shape index (κ2) is 9.55. The fourth-order valence-corrected chi connectivity index (χ4v) is 3.78. The molecular formula is C20H18F3N3O5S. The Bertz CT molecular complexity index is 1050. The number of thioether (sulfide) groups is 1. The minimum atomic E-state index is -4.73. The number of aliphatic hydroxyl groups is 1. The monoisotopic (exact) mass is 469 g/mol. The van der Waals surface area contributed by atoms with Crippen molar-refractivity contribution in [3.05, 3.63) is 40.7 Å². The summed E-state index contributed by atoms with van der Waals surface area (Å²) in [5.41, 5.74) is -1.92. The van der Waals surface area contributed by atoms with Crippen molar-refractivity contribution in [1.82, 2.24) is 15.0 Å². The van der Waals surface area contributed by atoms with E-state index < -0.39 is 34.8 Å². The molecule has 12 heteroatoms. The number of pyridine rings is 1. The smallest absolute Gasteiger partial charge is 0.433 e. The van der Waals surface area contributed by atoms with Gasteiger partial charge in [0.1, 0.15) is 17.0 Å². The van der Waals surface area contributed by atoms with Crippen LogP contribution in [0.2, 0.25) is 0 Å². The summed E-state index contributed by atoms with van der Waals surface area (Å²) in [5, 5.41) is 10.8. The fourth-order valence-electron chi connectivity index (χ4n) is 2.99. The van der Waals surface area contributed by atoms with Crippen molar-refractivity contribution in [2.24, 2.45) is 0 Å². The van der Waals surface area contributed by atoms with E-state index in [1.54, 1.807) is 0 Å². The molecule has 1 aliphatic rings. The summed E-state index contributed by atoms with van der Waals surface area (Å²) in [4.78, 5) is 36.2. The number of hydrogen-bond acceptors (Lipinski definition) is 9. The number of carbonyl (C=O) groups excluding carboxylic acids is 2. The van der Waals surface area contributed by atoms with Crippen LogP contribution in [-0.2, 0) is 21.5 Å². The Morgan fingerprint density at radius 3 is 2.19 bits per heavy atom. The normalized spacial score (nSPS) is 14.5. The quantitative estimate of drug-likeness (QED) is 0.222. The van der Waals surface area contributed by atoms with Gasteiger partial charge in [-0.15, -0.1) is 0 Å². The molecule has 1 N–H and O–H groups in total. The minimum Gasteiger partial charge on any atom is -0.506 e. The highest BCUT2D eigenvalue weighted by Gasteiger charge is 2.34. The van der Waals surface area contributed by atoms with Gasteiger partial charge in [-0.25, -0.2) is 4.98 Å². The zero-order chi connectivity index (χ0) is 23.5. The van der Waals surface area contributed by atoms with Gasteiger partial charge in [0.2, 0.25) is 11.8 Å². The Kier molecular flexibility index (Phi) is 7.02. The third kappa shape index (κ3) is 5.18. The third-order valence-corrected chi connectivity index (χ3v) is 5.40. The van der Waals surface area contributed by atoms with Gasteiger partial charge in [0.05, 0.1) is 26.0 Å². The van der Waals surface area contributed by atoms with Gasteiger partial charge in [-0.3, -0.25) is 9.59 Å². The van der Waals surface area contributed by atoms with Crippen LogP contribution in [0.15, 0.2) is 28.9 Å². The van der Waals surface area contributed by atoms with E-state index in [2.05, 4.69) is 15.0 Å². The summed E-state index contributed by atoms with van der Waals surface area (Å²) < 4.78 is 49.8. The molecule has 0 aromatic carbocycles. The molecule has 3 rings (SSSR count). The summed E-state index contributed by atoms with van der Waals surface area (Å²) in [6.45, 7) is 0. The molecule has 32 heavy (non-hydrogen) atoms. The maximum Gasteiger partial charge on any atom is 0.433 e. The summed E-state index contributed by atoms with van der Waals surface area (Å²) >= 11 is 0.916. The van der Waals surface area contributed by atoms with E-state index in [-0.39, 0.29) is 46.8 Å². The van der Waals surface area contributed by atoms with Crippen molar-refractivity contribution in [2.75, 3.05) is 14.2 Å². The molecule has 1 saturated carbocycles. The van der Waals surface area contributed by atoms with Crippen molar-refractivity contribution in [3.8, 4) is 11.8 Å². The zero-order valence-electron chi connectivity index (χ0n) is 17.0. The lowest BCUT2D eigenvalue weighted by Crippen LogP contribution is -2.21. The molecular weight excluding hydrogens is 451 g/mol. The molecule has 0 atom stereocenters. The molecule has 0 unspecified atom stereocenters. The molecule has 2 aromatic rings. The van der Waals surface area contributed by atoms with Crippen molar-refractivity contribution in [3.63, 3.8) is 0 Å². The maximum absolute atomic E-state index is 13.2. The van der Waals surface area contributed by atoms with Crippen LogP contribution in [0.1, 0.15) is 36.2 Å². The number of ketones is 2. The van der Waals surface area contributed by atoms with E-state index >= 15 is 0 Å². The number of Topliss-reactive ketones (excluding diaryl/α,β-unsaturated/α-hetero) is 2. The molecule has 0 amide bonds. The molecule has 170 valence electrons. The van der Waals surface area contributed by atoms with Crippen LogP contribution in [-0.4, -0.2) is 45.8 Å². The van der Waals surface area contributed by atoms with Crippen LogP contribution < -0.4 is 9.47 Å². The average Bonchev–Trinajstić information content (AvgIpc) is 2.76. The lowest BCUT2D eigenvalue weighted by molar-refractivity contribution is -0.141. The lowest BCUT2D eigenvalue weighted by Gasteiger charge is -2.16. The maximum atomic E-state index is 13.2. The average molecular weight is 469 g/mol. The predicted molar refractivity (Wildman–Crippen MR) is 107 cm³/mol. The summed E-state index contributed by atoms with van der Waals surface area (Å²) in [5.74, 6) is -1.63. The van der Waals surface area contributed by atoms with Gasteiger partial charge in [0, 0.05) is 24.2 Å². The van der Waals surface area contributed by atoms with Crippen LogP contribution >= 0.6 is 11.8 Å². The number of nitrogens with zero attached hydrogens (tertiary/aromatic N) is 3. The summed E-state index contributed by atoms with van der Waals surface area (Å²) in [6, 6.07) is 3.11. The first-order valence-electron chi connectivity index (χ1n) is 9.31. The van der Waals surface area contributed by atoms with Gasteiger partial charge < -0.3 is 14.6 Å². The first kappa shape index (κ1) is 23.5. The molecule has 0 bridgehead atoms. The molecule has 1 fully saturated rings. The van der Waals surface area contributed by atoms with Crippen LogP contribution in [0.5, 0.6) is 11.8 Å². The first-order valence-corrected chi connectivity index (χ1v) is 10.3. The second-order valence-corrected chi connectivity index (χ2v) is 7.58. The Labute approximate surface area is 184 Å². The number of carbonyl (C=O) groups is 2. The van der Waals surface area contributed by atoms with E-state index in [0.717, 1.165) is 17.8 Å². The van der Waals surface area contributed by atoms with Gasteiger partial charge in [0.25, 0.3) is 0 Å². The molecule has 0 radical (unpaired) electrons. The number of ether oxygens (including phenoxy) is 2. The van der Waals surface area contributed by atoms with E-state index in [9.17, 15) is 27.9 Å². The van der Waals surface area contributed by atoms with Gasteiger partial charge in [-0.2, -0.15) is 23.1 Å². The second-order valence-electron chi connectivity index (χ2n) is 6.64. The molecule has 8 nitrogen and oxygen atoms in total. The van der Waals surface area contributed by atoms with Crippen molar-refractivity contribution >= 4 is 29.1 Å². The highest BCUT2D eigenvalue weighted by molar-refractivity contribution is 7.98. The SMILES string of the molecule is COc1cc(OC)nc(SCc2nc(C(F)(F)F)ccc2C(O)=C2C(=O)CCCC2=O)n1. The van der Waals surface area contributed by atoms with E-state index in [1.165, 1.54) is 20.3 Å². The number of halogens is 3. The Morgan fingerprint density at radius 2 is 1.66 bits per heavy atom. The van der Waals surface area contributed by atoms with E-state index in [4.69, 9.17) is 9.47 Å². The molecule has 0 aliphatic heterocycles. The summed E-state index contributed by atoms with van der Waals surface area (Å²) in [7, 11) is 2.76. The minimum absolute atomic E-state index is 0.0702. The standard InChI is InChI=1S/C20H18F3N3O5S/c1-30-15-8-16(31-2)26-19(25-15)32-9-11-10(6-7-14(24-11)20(21,22)23)18(29)17-12(27)4-3-5-13(17)28/h6-8,29H,3-5,9H2,1-2H3. The molecule has 2 heterocycles. The van der Waals surface area contributed by atoms with Crippen LogP contribution in [0.3, 0.4) is 0 Å². The molecule has 1 aliphatic carbocycles. The Hall–Kier alpha value is -3.15. The number of rotatable bonds is 6. The van der Waals surface area contributed by atoms with Crippen LogP contribution in [0.25, 0.3) is 5.76 Å². The number of hydrogen-bond donors (Lipinski definition) is 1. The van der Waals surface area contributed by atoms with Crippen molar-refractivity contribution in [1.29, 1.82) is 0 Å². The highest BCUT2D eigenvalue weighted by atomic mass is 32.2. The third-order valence-electron chi connectivity index (χ3n) is 4.54. The largest absolute Gasteiger partial charge is 0.506 e. The van der Waals surface area contributed by atoms with Crippen molar-refractivity contribution in [2.45, 2.75) is 36.3 Å². The fraction of sp³-hybridized carbons (Fsp3) is 0.350. The molecule has 2 aromatic heterocycles. The topological polar surface area (TPSA) is 111 Å². The van der Waals surface area contributed by atoms with Gasteiger partial charge in [0.15, 0.2) is 16.7 Å². The van der Waals surface area contributed by atoms with Crippen LogP contribution in [0, 0.1) is 0 Å². The predicted octanol–water partition coefficient (Wildman–Crippen LogP) is 3.79. The highest BCUT2D eigenvalue weighted by Crippen LogP contribution is 2.33. The van der Waals surface area contributed by atoms with E-state index in [0.29, 0.717) is 12.5 Å². The number of methoxy groups -OCH3 is 2. The number of alkyl halides is 3. The Balaban J connectivity index is 2.03. The van der Waals surface area contributed by atoms with E-state index in [1.807, 2.05) is 0 Å². The zero-order valence-corrected chi connectivity index (χ0v) is 17.8. The van der Waals surface area contributed by atoms with Gasteiger partial charge in [-0.1, -0.05) is 11.8 Å². The molecule has 0 saturated heterocycles. The summed E-state index contributed by atoms with van der Waals surface area (Å²) in [6.07, 6.45) is -4.23. The van der Waals surface area contributed by atoms with Gasteiger partial charge >= 0.3 is 6.18 Å². The lowest BCUT2D eigenvalue weighted by atomic mass is 9.89. The van der Waals surface area contributed by atoms with Crippen molar-refractivity contribution < 1.29 is 37.3 Å². The van der Waals surface area contributed by atoms with Gasteiger partial charge in [-0.05, 0) is 18.6 Å². The molecule has 0 spiro atoms. The number of aliphatic hydroxyl groups excluding tert-OH is 1.